The van der Waals surface area contributed by atoms with E-state index in [2.05, 4.69) is 50.2 Å². The number of nitrogens with zero attached hydrogens (tertiary/aromatic N) is 1. The molecule has 0 bridgehead atoms. The van der Waals surface area contributed by atoms with Crippen LogP contribution in [0.5, 0.6) is 0 Å². The molecule has 1 aliphatic rings. The fourth-order valence-electron chi connectivity index (χ4n) is 2.71. The molecule has 3 rings (SSSR count). The van der Waals surface area contributed by atoms with Gasteiger partial charge in [0, 0.05) is 11.9 Å². The van der Waals surface area contributed by atoms with E-state index in [0.717, 1.165) is 13.0 Å². The van der Waals surface area contributed by atoms with E-state index in [1.54, 1.807) is 5.57 Å². The summed E-state index contributed by atoms with van der Waals surface area (Å²) < 4.78 is 0. The molecule has 1 nitrogen and oxygen atoms in total. The van der Waals surface area contributed by atoms with Gasteiger partial charge in [0.05, 0.1) is 5.36 Å². The van der Waals surface area contributed by atoms with Crippen LogP contribution in [0.25, 0.3) is 16.3 Å². The number of benzene rings is 2. The highest BCUT2D eigenvalue weighted by atomic mass is 14.7. The molecular weight excluding hydrogens is 230 g/mol. The SMILES string of the molecule is CC.CC(C)C1=c2ccc3ccccc3c2=NCC1. The largest absolute Gasteiger partial charge is 0.284 e. The van der Waals surface area contributed by atoms with Gasteiger partial charge in [-0.1, -0.05) is 69.7 Å². The van der Waals surface area contributed by atoms with Crippen LogP contribution in [0, 0.1) is 5.92 Å². The van der Waals surface area contributed by atoms with E-state index in [1.165, 1.54) is 21.3 Å². The normalized spacial score (nSPS) is 13.6. The summed E-state index contributed by atoms with van der Waals surface area (Å²) in [7, 11) is 0. The van der Waals surface area contributed by atoms with Crippen molar-refractivity contribution < 1.29 is 0 Å². The second-order valence-electron chi connectivity index (χ2n) is 4.99. The van der Waals surface area contributed by atoms with Crippen LogP contribution in [0.3, 0.4) is 0 Å². The molecule has 0 saturated heterocycles. The van der Waals surface area contributed by atoms with Gasteiger partial charge in [0.25, 0.3) is 0 Å². The third-order valence-electron chi connectivity index (χ3n) is 3.59. The van der Waals surface area contributed by atoms with Crippen molar-refractivity contribution in [1.29, 1.82) is 0 Å². The predicted molar refractivity (Wildman–Crippen MR) is 83.8 cm³/mol. The first-order valence-electron chi connectivity index (χ1n) is 7.32. The van der Waals surface area contributed by atoms with Gasteiger partial charge in [0.2, 0.25) is 0 Å². The monoisotopic (exact) mass is 253 g/mol. The molecule has 2 aromatic carbocycles. The van der Waals surface area contributed by atoms with Gasteiger partial charge >= 0.3 is 0 Å². The van der Waals surface area contributed by atoms with Crippen molar-refractivity contribution in [1.82, 2.24) is 0 Å². The number of rotatable bonds is 1. The van der Waals surface area contributed by atoms with E-state index in [0.29, 0.717) is 5.92 Å². The van der Waals surface area contributed by atoms with E-state index >= 15 is 0 Å². The Balaban J connectivity index is 0.000000637. The molecule has 0 radical (unpaired) electrons. The molecule has 0 spiro atoms. The lowest BCUT2D eigenvalue weighted by Gasteiger charge is -2.15. The van der Waals surface area contributed by atoms with Crippen LogP contribution in [0.15, 0.2) is 41.4 Å². The van der Waals surface area contributed by atoms with Crippen molar-refractivity contribution in [2.24, 2.45) is 10.9 Å². The van der Waals surface area contributed by atoms with Crippen LogP contribution in [-0.2, 0) is 0 Å². The zero-order chi connectivity index (χ0) is 13.8. The highest BCUT2D eigenvalue weighted by Gasteiger charge is 2.10. The Hall–Kier alpha value is -1.63. The maximum Gasteiger partial charge on any atom is 0.0724 e. The van der Waals surface area contributed by atoms with Crippen molar-refractivity contribution in [3.8, 4) is 0 Å². The maximum atomic E-state index is 4.73. The van der Waals surface area contributed by atoms with E-state index in [4.69, 9.17) is 4.99 Å². The van der Waals surface area contributed by atoms with Gasteiger partial charge in [-0.25, -0.2) is 0 Å². The summed E-state index contributed by atoms with van der Waals surface area (Å²) in [5.41, 5.74) is 1.56. The molecule has 2 aromatic rings. The van der Waals surface area contributed by atoms with E-state index in [-0.39, 0.29) is 0 Å². The van der Waals surface area contributed by atoms with Gasteiger partial charge in [-0.3, -0.25) is 4.99 Å². The molecule has 0 atom stereocenters. The molecule has 0 aromatic heterocycles. The predicted octanol–water partition coefficient (Wildman–Crippen LogP) is 3.70. The molecule has 100 valence electrons. The average Bonchev–Trinajstić information content (AvgIpc) is 2.48. The van der Waals surface area contributed by atoms with Crippen LogP contribution in [0.1, 0.15) is 34.1 Å². The van der Waals surface area contributed by atoms with Crippen LogP contribution in [0.4, 0.5) is 0 Å². The fraction of sp³-hybridized carbons (Fsp3) is 0.389. The third-order valence-corrected chi connectivity index (χ3v) is 3.59. The van der Waals surface area contributed by atoms with Crippen LogP contribution < -0.4 is 10.6 Å². The minimum absolute atomic E-state index is 0.616. The van der Waals surface area contributed by atoms with E-state index in [1.807, 2.05) is 13.8 Å². The number of hydrogen-bond acceptors (Lipinski definition) is 1. The van der Waals surface area contributed by atoms with Gasteiger partial charge in [0.1, 0.15) is 0 Å². The lowest BCUT2D eigenvalue weighted by Crippen LogP contribution is -2.33. The molecule has 0 amide bonds. The maximum absolute atomic E-state index is 4.73. The average molecular weight is 253 g/mol. The highest BCUT2D eigenvalue weighted by Crippen LogP contribution is 2.16. The highest BCUT2D eigenvalue weighted by molar-refractivity contribution is 5.82. The Labute approximate surface area is 115 Å². The minimum atomic E-state index is 0.616. The zero-order valence-electron chi connectivity index (χ0n) is 12.4. The smallest absolute Gasteiger partial charge is 0.0724 e. The van der Waals surface area contributed by atoms with Crippen molar-refractivity contribution in [2.45, 2.75) is 34.1 Å². The summed E-state index contributed by atoms with van der Waals surface area (Å²) in [4.78, 5) is 4.73. The quantitative estimate of drug-likeness (QED) is 0.735. The first-order chi connectivity index (χ1) is 9.27. The Morgan fingerprint density at radius 1 is 1.00 bits per heavy atom. The zero-order valence-corrected chi connectivity index (χ0v) is 12.4. The first-order valence-corrected chi connectivity index (χ1v) is 7.32. The van der Waals surface area contributed by atoms with Crippen LogP contribution >= 0.6 is 0 Å². The summed E-state index contributed by atoms with van der Waals surface area (Å²) >= 11 is 0. The van der Waals surface area contributed by atoms with Crippen molar-refractivity contribution in [3.05, 3.63) is 47.0 Å². The lowest BCUT2D eigenvalue weighted by atomic mass is 9.94. The fourth-order valence-corrected chi connectivity index (χ4v) is 2.71. The number of hydrogen-bond donors (Lipinski definition) is 0. The van der Waals surface area contributed by atoms with Gasteiger partial charge in [-0.15, -0.1) is 0 Å². The summed E-state index contributed by atoms with van der Waals surface area (Å²) in [5.74, 6) is 0.616. The minimum Gasteiger partial charge on any atom is -0.284 e. The molecule has 0 fully saturated rings. The second kappa shape index (κ2) is 6.01. The molecule has 0 N–H and O–H groups in total. The summed E-state index contributed by atoms with van der Waals surface area (Å²) in [6.45, 7) is 9.49. The van der Waals surface area contributed by atoms with E-state index in [9.17, 15) is 0 Å². The summed E-state index contributed by atoms with van der Waals surface area (Å²) in [6, 6.07) is 13.0. The molecule has 19 heavy (non-hydrogen) atoms. The Bertz CT molecular complexity index is 680. The summed E-state index contributed by atoms with van der Waals surface area (Å²) in [6.07, 6.45) is 1.11. The van der Waals surface area contributed by atoms with Crippen LogP contribution in [-0.4, -0.2) is 6.54 Å². The van der Waals surface area contributed by atoms with Gasteiger partial charge in [0.15, 0.2) is 0 Å². The molecule has 0 unspecified atom stereocenters. The third kappa shape index (κ3) is 2.56. The Kier molecular flexibility index (Phi) is 4.36. The van der Waals surface area contributed by atoms with Gasteiger partial charge < -0.3 is 0 Å². The van der Waals surface area contributed by atoms with Crippen molar-refractivity contribution in [3.63, 3.8) is 0 Å². The first kappa shape index (κ1) is 13.8. The van der Waals surface area contributed by atoms with Gasteiger partial charge in [-0.2, -0.15) is 0 Å². The lowest BCUT2D eigenvalue weighted by molar-refractivity contribution is 0.777. The molecule has 1 heteroatoms. The standard InChI is InChI=1S/C16H17N.C2H6/c1-11(2)13-9-10-17-16-14-6-4-3-5-12(14)7-8-15(13)16;1-2/h3-8,11H,9-10H2,1-2H3;1-2H3. The number of fused-ring (bicyclic) bond motifs is 3. The Morgan fingerprint density at radius 2 is 1.74 bits per heavy atom. The second-order valence-corrected chi connectivity index (χ2v) is 4.99. The van der Waals surface area contributed by atoms with Crippen molar-refractivity contribution in [2.75, 3.05) is 6.54 Å². The van der Waals surface area contributed by atoms with Gasteiger partial charge in [-0.05, 0) is 22.9 Å². The molecule has 0 saturated carbocycles. The summed E-state index contributed by atoms with van der Waals surface area (Å²) in [5, 5.41) is 5.16. The topological polar surface area (TPSA) is 12.4 Å². The molecular formula is C18H23N. The molecule has 1 aliphatic heterocycles. The van der Waals surface area contributed by atoms with E-state index < -0.39 is 0 Å². The molecule has 1 heterocycles. The Morgan fingerprint density at radius 3 is 2.47 bits per heavy atom. The van der Waals surface area contributed by atoms with Crippen LogP contribution in [0.2, 0.25) is 0 Å². The van der Waals surface area contributed by atoms with Crippen molar-refractivity contribution >= 4 is 16.3 Å². The molecule has 0 aliphatic carbocycles.